The van der Waals surface area contributed by atoms with Crippen LogP contribution in [0.4, 0.5) is 0 Å². The Hall–Kier alpha value is -1.32. The lowest BCUT2D eigenvalue weighted by atomic mass is 10.0. The van der Waals surface area contributed by atoms with Crippen LogP contribution in [0.15, 0.2) is 47.6 Å². The molecule has 0 saturated carbocycles. The van der Waals surface area contributed by atoms with Crippen LogP contribution in [0.3, 0.4) is 0 Å². The lowest BCUT2D eigenvalue weighted by Gasteiger charge is -2.19. The number of thioether (sulfide) groups is 1. The summed E-state index contributed by atoms with van der Waals surface area (Å²) in [5.41, 5.74) is 4.08. The fourth-order valence-electron chi connectivity index (χ4n) is 2.11. The van der Waals surface area contributed by atoms with Crippen LogP contribution in [0.1, 0.15) is 29.7 Å². The van der Waals surface area contributed by atoms with Gasteiger partial charge in [0, 0.05) is 29.1 Å². The van der Waals surface area contributed by atoms with E-state index in [4.69, 9.17) is 0 Å². The van der Waals surface area contributed by atoms with Crippen molar-refractivity contribution in [2.45, 2.75) is 31.7 Å². The molecule has 0 amide bonds. The number of aromatic nitrogens is 1. The van der Waals surface area contributed by atoms with Crippen molar-refractivity contribution in [2.75, 3.05) is 12.3 Å². The molecule has 106 valence electrons. The second kappa shape index (κ2) is 7.46. The normalized spacial score (nSPS) is 12.3. The summed E-state index contributed by atoms with van der Waals surface area (Å²) in [6, 6.07) is 11.3. The summed E-state index contributed by atoms with van der Waals surface area (Å²) >= 11 is 1.87. The molecule has 1 N–H and O–H groups in total. The SMILES string of the molecule is CCNC(CSc1ccncc1)c1ccc(C)c(C)c1. The van der Waals surface area contributed by atoms with Gasteiger partial charge in [-0.3, -0.25) is 4.98 Å². The fourth-order valence-corrected chi connectivity index (χ4v) is 3.10. The molecule has 20 heavy (non-hydrogen) atoms. The summed E-state index contributed by atoms with van der Waals surface area (Å²) in [6.07, 6.45) is 3.70. The first-order valence-electron chi connectivity index (χ1n) is 7.04. The standard InChI is InChI=1S/C17H22N2S/c1-4-19-17(12-20-16-7-9-18-10-8-16)15-6-5-13(2)14(3)11-15/h5-11,17,19H,4,12H2,1-3H3. The number of nitrogens with zero attached hydrogens (tertiary/aromatic N) is 1. The van der Waals surface area contributed by atoms with Crippen molar-refractivity contribution in [3.63, 3.8) is 0 Å². The van der Waals surface area contributed by atoms with E-state index >= 15 is 0 Å². The molecule has 2 rings (SSSR count). The van der Waals surface area contributed by atoms with Gasteiger partial charge < -0.3 is 5.32 Å². The van der Waals surface area contributed by atoms with E-state index in [1.54, 1.807) is 0 Å². The van der Waals surface area contributed by atoms with E-state index in [1.165, 1.54) is 21.6 Å². The van der Waals surface area contributed by atoms with Crippen LogP contribution in [0.25, 0.3) is 0 Å². The molecule has 0 saturated heterocycles. The Balaban J connectivity index is 2.08. The molecule has 0 aliphatic heterocycles. The molecule has 0 aliphatic rings. The Labute approximate surface area is 126 Å². The highest BCUT2D eigenvalue weighted by molar-refractivity contribution is 7.99. The van der Waals surface area contributed by atoms with E-state index in [2.05, 4.69) is 61.4 Å². The van der Waals surface area contributed by atoms with Crippen LogP contribution in [-0.4, -0.2) is 17.3 Å². The molecule has 0 aliphatic carbocycles. The lowest BCUT2D eigenvalue weighted by Crippen LogP contribution is -2.23. The molecule has 2 aromatic rings. The predicted molar refractivity (Wildman–Crippen MR) is 87.3 cm³/mol. The van der Waals surface area contributed by atoms with Crippen molar-refractivity contribution in [2.24, 2.45) is 0 Å². The Morgan fingerprint density at radius 1 is 1.10 bits per heavy atom. The van der Waals surface area contributed by atoms with Crippen LogP contribution in [-0.2, 0) is 0 Å². The number of pyridine rings is 1. The second-order valence-corrected chi connectivity index (χ2v) is 6.04. The van der Waals surface area contributed by atoms with Crippen LogP contribution >= 0.6 is 11.8 Å². The first kappa shape index (κ1) is 15.1. The van der Waals surface area contributed by atoms with Gasteiger partial charge in [0.05, 0.1) is 0 Å². The predicted octanol–water partition coefficient (Wildman–Crippen LogP) is 4.14. The average Bonchev–Trinajstić information content (AvgIpc) is 2.47. The van der Waals surface area contributed by atoms with E-state index in [1.807, 2.05) is 24.2 Å². The highest BCUT2D eigenvalue weighted by Crippen LogP contribution is 2.25. The molecule has 0 radical (unpaired) electrons. The molecule has 2 nitrogen and oxygen atoms in total. The molecule has 1 unspecified atom stereocenters. The highest BCUT2D eigenvalue weighted by atomic mass is 32.2. The van der Waals surface area contributed by atoms with Gasteiger partial charge in [-0.05, 0) is 49.2 Å². The molecule has 1 aromatic heterocycles. The van der Waals surface area contributed by atoms with Gasteiger partial charge in [0.15, 0.2) is 0 Å². The lowest BCUT2D eigenvalue weighted by molar-refractivity contribution is 0.605. The summed E-state index contributed by atoms with van der Waals surface area (Å²) in [6.45, 7) is 7.48. The third-order valence-corrected chi connectivity index (χ3v) is 4.56. The van der Waals surface area contributed by atoms with Crippen molar-refractivity contribution in [3.8, 4) is 0 Å². The Kier molecular flexibility index (Phi) is 5.62. The number of aryl methyl sites for hydroxylation is 2. The summed E-state index contributed by atoms with van der Waals surface area (Å²) in [7, 11) is 0. The van der Waals surface area contributed by atoms with Gasteiger partial charge in [0.1, 0.15) is 0 Å². The van der Waals surface area contributed by atoms with Crippen LogP contribution in [0.5, 0.6) is 0 Å². The Morgan fingerprint density at radius 2 is 1.85 bits per heavy atom. The molecule has 1 heterocycles. The van der Waals surface area contributed by atoms with Crippen molar-refractivity contribution >= 4 is 11.8 Å². The maximum absolute atomic E-state index is 4.06. The van der Waals surface area contributed by atoms with Gasteiger partial charge in [0.2, 0.25) is 0 Å². The summed E-state index contributed by atoms with van der Waals surface area (Å²) in [4.78, 5) is 5.33. The molecule has 0 fully saturated rings. The van der Waals surface area contributed by atoms with Crippen LogP contribution in [0, 0.1) is 13.8 Å². The number of nitrogens with one attached hydrogen (secondary N) is 1. The van der Waals surface area contributed by atoms with Gasteiger partial charge in [-0.1, -0.05) is 25.1 Å². The zero-order chi connectivity index (χ0) is 14.4. The van der Waals surface area contributed by atoms with Crippen molar-refractivity contribution in [1.82, 2.24) is 10.3 Å². The molecule has 0 bridgehead atoms. The van der Waals surface area contributed by atoms with E-state index in [-0.39, 0.29) is 0 Å². The molecule has 0 spiro atoms. The summed E-state index contributed by atoms with van der Waals surface area (Å²) in [5.74, 6) is 1.03. The first-order valence-corrected chi connectivity index (χ1v) is 8.02. The first-order chi connectivity index (χ1) is 9.70. The monoisotopic (exact) mass is 286 g/mol. The zero-order valence-electron chi connectivity index (χ0n) is 12.4. The quantitative estimate of drug-likeness (QED) is 0.808. The topological polar surface area (TPSA) is 24.9 Å². The third-order valence-electron chi connectivity index (χ3n) is 3.45. The average molecular weight is 286 g/mol. The minimum Gasteiger partial charge on any atom is -0.309 e. The minimum atomic E-state index is 0.387. The molecular weight excluding hydrogens is 264 g/mol. The van der Waals surface area contributed by atoms with Crippen molar-refractivity contribution in [1.29, 1.82) is 0 Å². The smallest absolute Gasteiger partial charge is 0.0415 e. The maximum Gasteiger partial charge on any atom is 0.0415 e. The minimum absolute atomic E-state index is 0.387. The van der Waals surface area contributed by atoms with Crippen LogP contribution < -0.4 is 5.32 Å². The second-order valence-electron chi connectivity index (χ2n) is 4.95. The molecular formula is C17H22N2S. The van der Waals surface area contributed by atoms with Crippen molar-refractivity contribution < 1.29 is 0 Å². The number of benzene rings is 1. The van der Waals surface area contributed by atoms with E-state index < -0.39 is 0 Å². The Bertz CT molecular complexity index is 540. The summed E-state index contributed by atoms with van der Waals surface area (Å²) < 4.78 is 0. The van der Waals surface area contributed by atoms with Gasteiger partial charge in [-0.25, -0.2) is 0 Å². The van der Waals surface area contributed by atoms with Gasteiger partial charge >= 0.3 is 0 Å². The summed E-state index contributed by atoms with van der Waals surface area (Å²) in [5, 5.41) is 3.58. The maximum atomic E-state index is 4.06. The Morgan fingerprint density at radius 3 is 2.50 bits per heavy atom. The van der Waals surface area contributed by atoms with Crippen LogP contribution in [0.2, 0.25) is 0 Å². The number of hydrogen-bond donors (Lipinski definition) is 1. The van der Waals surface area contributed by atoms with Gasteiger partial charge in [0.25, 0.3) is 0 Å². The highest BCUT2D eigenvalue weighted by Gasteiger charge is 2.11. The third kappa shape index (κ3) is 4.09. The molecule has 1 aromatic carbocycles. The molecule has 1 atom stereocenters. The van der Waals surface area contributed by atoms with Crippen molar-refractivity contribution in [3.05, 3.63) is 59.4 Å². The van der Waals surface area contributed by atoms with Gasteiger partial charge in [-0.2, -0.15) is 0 Å². The number of hydrogen-bond acceptors (Lipinski definition) is 3. The van der Waals surface area contributed by atoms with E-state index in [9.17, 15) is 0 Å². The van der Waals surface area contributed by atoms with Gasteiger partial charge in [-0.15, -0.1) is 11.8 Å². The van der Waals surface area contributed by atoms with E-state index in [0.717, 1.165) is 12.3 Å². The fraction of sp³-hybridized carbons (Fsp3) is 0.353. The largest absolute Gasteiger partial charge is 0.309 e. The molecule has 3 heteroatoms. The zero-order valence-corrected chi connectivity index (χ0v) is 13.2. The number of rotatable bonds is 6. The van der Waals surface area contributed by atoms with E-state index in [0.29, 0.717) is 6.04 Å².